The molecular weight excluding hydrogens is 216 g/mol. The highest BCUT2D eigenvalue weighted by Gasteiger charge is 2.06. The van der Waals surface area contributed by atoms with Crippen molar-refractivity contribution in [3.8, 4) is 0 Å². The molecule has 0 aromatic heterocycles. The monoisotopic (exact) mass is 230 g/mol. The highest BCUT2D eigenvalue weighted by atomic mass is 16.3. The molecule has 3 heteroatoms. The lowest BCUT2D eigenvalue weighted by Crippen LogP contribution is -1.95. The molecular formula is C14H14O3. The van der Waals surface area contributed by atoms with Gasteiger partial charge in [-0.05, 0) is 28.3 Å². The second-order valence-electron chi connectivity index (χ2n) is 3.94. The Kier molecular flexibility index (Phi) is 3.52. The molecule has 2 aromatic rings. The van der Waals surface area contributed by atoms with Gasteiger partial charge in [-0.25, -0.2) is 0 Å². The molecule has 0 bridgehead atoms. The van der Waals surface area contributed by atoms with Gasteiger partial charge >= 0.3 is 0 Å². The Hall–Kier alpha value is -1.71. The first kappa shape index (κ1) is 11.8. The highest BCUT2D eigenvalue weighted by Crippen LogP contribution is 2.23. The van der Waals surface area contributed by atoms with Crippen LogP contribution >= 0.6 is 0 Å². The summed E-state index contributed by atoms with van der Waals surface area (Å²) in [5, 5.41) is 19.8. The van der Waals surface area contributed by atoms with Crippen molar-refractivity contribution >= 4 is 17.1 Å². The van der Waals surface area contributed by atoms with Gasteiger partial charge in [-0.2, -0.15) is 0 Å². The quantitative estimate of drug-likeness (QED) is 0.786. The Morgan fingerprint density at radius 1 is 1.12 bits per heavy atom. The van der Waals surface area contributed by atoms with Crippen LogP contribution in [0.2, 0.25) is 0 Å². The van der Waals surface area contributed by atoms with Crippen molar-refractivity contribution in [3.05, 3.63) is 47.0 Å². The van der Waals surface area contributed by atoms with Crippen molar-refractivity contribution < 1.29 is 15.0 Å². The predicted molar refractivity (Wildman–Crippen MR) is 66.0 cm³/mol. The summed E-state index contributed by atoms with van der Waals surface area (Å²) >= 11 is 0. The summed E-state index contributed by atoms with van der Waals surface area (Å²) in [6, 6.07) is 9.36. The van der Waals surface area contributed by atoms with Crippen LogP contribution in [0.4, 0.5) is 0 Å². The van der Waals surface area contributed by atoms with E-state index in [1.165, 1.54) is 0 Å². The molecule has 2 N–H and O–H groups in total. The van der Waals surface area contributed by atoms with Crippen LogP contribution in [-0.4, -0.2) is 23.1 Å². The van der Waals surface area contributed by atoms with Crippen LogP contribution in [0.25, 0.3) is 10.8 Å². The maximum atomic E-state index is 11.1. The van der Waals surface area contributed by atoms with E-state index in [1.807, 2.05) is 24.3 Å². The average molecular weight is 230 g/mol. The van der Waals surface area contributed by atoms with Gasteiger partial charge in [0.2, 0.25) is 0 Å². The van der Waals surface area contributed by atoms with Crippen molar-refractivity contribution in [1.82, 2.24) is 0 Å². The number of fused-ring (bicyclic) bond motifs is 1. The Morgan fingerprint density at radius 2 is 1.94 bits per heavy atom. The lowest BCUT2D eigenvalue weighted by Gasteiger charge is -2.07. The summed E-state index contributed by atoms with van der Waals surface area (Å²) in [7, 11) is 0. The first-order valence-electron chi connectivity index (χ1n) is 5.51. The van der Waals surface area contributed by atoms with Gasteiger partial charge in [0, 0.05) is 12.2 Å². The molecule has 0 saturated carbocycles. The van der Waals surface area contributed by atoms with Crippen molar-refractivity contribution in [2.75, 3.05) is 6.61 Å². The molecule has 2 rings (SSSR count). The Balaban J connectivity index is 2.62. The van der Waals surface area contributed by atoms with Gasteiger partial charge in [0.1, 0.15) is 0 Å². The van der Waals surface area contributed by atoms with E-state index < -0.39 is 0 Å². The van der Waals surface area contributed by atoms with Crippen molar-refractivity contribution in [2.24, 2.45) is 0 Å². The van der Waals surface area contributed by atoms with Crippen molar-refractivity contribution in [2.45, 2.75) is 13.0 Å². The summed E-state index contributed by atoms with van der Waals surface area (Å²) in [5.41, 5.74) is 2.22. The molecule has 88 valence electrons. The van der Waals surface area contributed by atoms with E-state index in [0.29, 0.717) is 17.5 Å². The Labute approximate surface area is 99.3 Å². The third kappa shape index (κ3) is 2.20. The van der Waals surface area contributed by atoms with E-state index in [4.69, 9.17) is 10.2 Å². The third-order valence-corrected chi connectivity index (χ3v) is 2.90. The minimum absolute atomic E-state index is 0.112. The largest absolute Gasteiger partial charge is 0.396 e. The zero-order valence-corrected chi connectivity index (χ0v) is 9.39. The van der Waals surface area contributed by atoms with E-state index in [-0.39, 0.29) is 13.2 Å². The molecule has 0 atom stereocenters. The fraction of sp³-hybridized carbons (Fsp3) is 0.214. The van der Waals surface area contributed by atoms with Gasteiger partial charge in [0.25, 0.3) is 0 Å². The molecule has 17 heavy (non-hydrogen) atoms. The molecule has 0 radical (unpaired) electrons. The van der Waals surface area contributed by atoms with E-state index in [2.05, 4.69) is 0 Å². The average Bonchev–Trinajstić information content (AvgIpc) is 2.37. The molecule has 0 aliphatic rings. The van der Waals surface area contributed by atoms with Gasteiger partial charge in [0.15, 0.2) is 6.29 Å². The zero-order valence-electron chi connectivity index (χ0n) is 9.39. The minimum Gasteiger partial charge on any atom is -0.396 e. The lowest BCUT2D eigenvalue weighted by atomic mass is 9.98. The minimum atomic E-state index is -0.137. The molecule has 0 aliphatic heterocycles. The zero-order chi connectivity index (χ0) is 12.3. The second kappa shape index (κ2) is 5.08. The van der Waals surface area contributed by atoms with E-state index >= 15 is 0 Å². The smallest absolute Gasteiger partial charge is 0.151 e. The first-order chi connectivity index (χ1) is 8.30. The van der Waals surface area contributed by atoms with Gasteiger partial charge in [-0.3, -0.25) is 4.79 Å². The van der Waals surface area contributed by atoms with E-state index in [0.717, 1.165) is 22.6 Å². The van der Waals surface area contributed by atoms with E-state index in [1.54, 1.807) is 6.07 Å². The molecule has 0 aliphatic carbocycles. The fourth-order valence-electron chi connectivity index (χ4n) is 2.01. The topological polar surface area (TPSA) is 57.5 Å². The SMILES string of the molecule is O=Cc1c(CO)ccc2cc(CCO)ccc12. The number of carbonyl (C=O) groups excluding carboxylic acids is 1. The molecule has 0 spiro atoms. The van der Waals surface area contributed by atoms with Crippen LogP contribution in [0.3, 0.4) is 0 Å². The number of aldehydes is 1. The van der Waals surface area contributed by atoms with Crippen LogP contribution in [0.1, 0.15) is 21.5 Å². The maximum absolute atomic E-state index is 11.1. The molecule has 3 nitrogen and oxygen atoms in total. The van der Waals surface area contributed by atoms with Gasteiger partial charge in [-0.15, -0.1) is 0 Å². The lowest BCUT2D eigenvalue weighted by molar-refractivity contribution is 0.112. The third-order valence-electron chi connectivity index (χ3n) is 2.90. The van der Waals surface area contributed by atoms with E-state index in [9.17, 15) is 4.79 Å². The summed E-state index contributed by atoms with van der Waals surface area (Å²) in [6.07, 6.45) is 1.38. The Morgan fingerprint density at radius 3 is 2.59 bits per heavy atom. The van der Waals surface area contributed by atoms with Crippen LogP contribution < -0.4 is 0 Å². The second-order valence-corrected chi connectivity index (χ2v) is 3.94. The molecule has 0 heterocycles. The van der Waals surface area contributed by atoms with Crippen LogP contribution in [-0.2, 0) is 13.0 Å². The fourth-order valence-corrected chi connectivity index (χ4v) is 2.01. The number of aliphatic hydroxyl groups excluding tert-OH is 2. The van der Waals surface area contributed by atoms with Gasteiger partial charge in [0.05, 0.1) is 6.61 Å². The molecule has 0 fully saturated rings. The molecule has 2 aromatic carbocycles. The standard InChI is InChI=1S/C14H14O3/c15-6-5-10-1-4-13-11(7-10)2-3-12(8-16)14(13)9-17/h1-4,7,9,15-16H,5-6,8H2. The summed E-state index contributed by atoms with van der Waals surface area (Å²) < 4.78 is 0. The number of aliphatic hydroxyl groups is 2. The maximum Gasteiger partial charge on any atom is 0.151 e. The van der Waals surface area contributed by atoms with Gasteiger partial charge < -0.3 is 10.2 Å². The number of hydrogen-bond acceptors (Lipinski definition) is 3. The van der Waals surface area contributed by atoms with Crippen molar-refractivity contribution in [3.63, 3.8) is 0 Å². The van der Waals surface area contributed by atoms with Crippen LogP contribution in [0.5, 0.6) is 0 Å². The normalized spacial score (nSPS) is 10.7. The molecule has 0 amide bonds. The first-order valence-corrected chi connectivity index (χ1v) is 5.51. The Bertz CT molecular complexity index is 546. The summed E-state index contributed by atoms with van der Waals surface area (Å²) in [5.74, 6) is 0. The van der Waals surface area contributed by atoms with Crippen LogP contribution in [0, 0.1) is 0 Å². The highest BCUT2D eigenvalue weighted by molar-refractivity contribution is 5.99. The molecule has 0 saturated heterocycles. The summed E-state index contributed by atoms with van der Waals surface area (Å²) in [4.78, 5) is 11.1. The van der Waals surface area contributed by atoms with Gasteiger partial charge in [-0.1, -0.05) is 30.3 Å². The number of hydrogen-bond donors (Lipinski definition) is 2. The number of carbonyl (C=O) groups is 1. The predicted octanol–water partition coefficient (Wildman–Crippen LogP) is 1.68. The summed E-state index contributed by atoms with van der Waals surface area (Å²) in [6.45, 7) is -0.0246. The number of benzene rings is 2. The van der Waals surface area contributed by atoms with Crippen molar-refractivity contribution in [1.29, 1.82) is 0 Å². The van der Waals surface area contributed by atoms with Crippen LogP contribution in [0.15, 0.2) is 30.3 Å². The number of rotatable bonds is 4. The molecule has 0 unspecified atom stereocenters.